The lowest BCUT2D eigenvalue weighted by molar-refractivity contribution is 0.598. The monoisotopic (exact) mass is 678 g/mol. The molecule has 118 valence electrons. The van der Waals surface area contributed by atoms with Crippen molar-refractivity contribution in [2.75, 3.05) is 0 Å². The zero-order valence-corrected chi connectivity index (χ0v) is 20.7. The molecule has 0 nitrogen and oxygen atoms in total. The molecule has 0 fully saturated rings. The van der Waals surface area contributed by atoms with Crippen LogP contribution in [0.4, 0.5) is 0 Å². The van der Waals surface area contributed by atoms with Crippen LogP contribution in [0.1, 0.15) is 23.0 Å². The van der Waals surface area contributed by atoms with Gasteiger partial charge in [0.25, 0.3) is 0 Å². The lowest BCUT2D eigenvalue weighted by Gasteiger charge is -2.38. The van der Waals surface area contributed by atoms with Crippen molar-refractivity contribution in [3.8, 4) is 0 Å². The highest BCUT2D eigenvalue weighted by molar-refractivity contribution is 9.40. The molecule has 2 unspecified atom stereocenters. The summed E-state index contributed by atoms with van der Waals surface area (Å²) in [5, 5.41) is 0. The van der Waals surface area contributed by atoms with Gasteiger partial charge < -0.3 is 0 Å². The maximum Gasteiger partial charge on any atom is 0.142 e. The largest absolute Gasteiger partial charge is 0.142 e. The average molecular weight is 684 g/mol. The molecule has 2 aromatic rings. The van der Waals surface area contributed by atoms with Gasteiger partial charge in [-0.05, 0) is 11.1 Å². The molecule has 0 saturated carbocycles. The highest BCUT2D eigenvalue weighted by Crippen LogP contribution is 2.60. The van der Waals surface area contributed by atoms with Crippen LogP contribution in [0.3, 0.4) is 0 Å². The molecule has 0 aliphatic heterocycles. The van der Waals surface area contributed by atoms with Crippen LogP contribution in [0.5, 0.6) is 0 Å². The Bertz CT molecular complexity index is 530. The first-order valence-electron chi connectivity index (χ1n) is 6.44. The van der Waals surface area contributed by atoms with Crippen molar-refractivity contribution in [3.63, 3.8) is 0 Å². The van der Waals surface area contributed by atoms with Gasteiger partial charge in [0, 0.05) is 11.8 Å². The highest BCUT2D eigenvalue weighted by atomic mass is 80.0. The van der Waals surface area contributed by atoms with Crippen LogP contribution in [-0.2, 0) is 0 Å². The second kappa shape index (κ2) is 8.13. The van der Waals surface area contributed by atoms with E-state index in [-0.39, 0.29) is 11.8 Å². The summed E-state index contributed by atoms with van der Waals surface area (Å²) in [6.45, 7) is 0. The summed E-state index contributed by atoms with van der Waals surface area (Å²) in [7, 11) is 0. The summed E-state index contributed by atoms with van der Waals surface area (Å²) < 4.78 is -0.898. The summed E-state index contributed by atoms with van der Waals surface area (Å²) >= 11 is 22.5. The van der Waals surface area contributed by atoms with Crippen molar-refractivity contribution < 1.29 is 0 Å². The maximum atomic E-state index is 3.74. The molecule has 0 aliphatic rings. The van der Waals surface area contributed by atoms with Gasteiger partial charge in [0.15, 0.2) is 0 Å². The van der Waals surface area contributed by atoms with Crippen LogP contribution in [0.15, 0.2) is 60.7 Å². The van der Waals surface area contributed by atoms with Gasteiger partial charge in [-0.1, -0.05) is 156 Å². The fraction of sp³-hybridized carbons (Fsp3) is 0.250. The number of rotatable bonds is 3. The molecule has 0 radical (unpaired) electrons. The summed E-state index contributed by atoms with van der Waals surface area (Å²) in [6.07, 6.45) is 0. The van der Waals surface area contributed by atoms with E-state index in [1.165, 1.54) is 11.1 Å². The smallest absolute Gasteiger partial charge is 0.0622 e. The number of hydrogen-bond donors (Lipinski definition) is 0. The number of benzene rings is 2. The van der Waals surface area contributed by atoms with Gasteiger partial charge in [0.1, 0.15) is 4.29 Å². The molecule has 0 spiro atoms. The van der Waals surface area contributed by atoms with Gasteiger partial charge in [0.2, 0.25) is 0 Å². The van der Waals surface area contributed by atoms with Crippen LogP contribution in [0.25, 0.3) is 0 Å². The molecule has 0 heterocycles. The second-order valence-corrected chi connectivity index (χ2v) is 18.7. The zero-order chi connectivity index (χ0) is 16.4. The summed E-state index contributed by atoms with van der Waals surface area (Å²) in [5.41, 5.74) is 2.43. The lowest BCUT2D eigenvalue weighted by Crippen LogP contribution is -2.30. The van der Waals surface area contributed by atoms with Crippen molar-refractivity contribution in [1.82, 2.24) is 0 Å². The van der Waals surface area contributed by atoms with E-state index in [1.807, 2.05) is 12.1 Å². The first kappa shape index (κ1) is 19.6. The first-order valence-corrected chi connectivity index (χ1v) is 11.2. The molecular formula is C16H12Br6. The van der Waals surface area contributed by atoms with E-state index in [4.69, 9.17) is 0 Å². The Morgan fingerprint density at radius 3 is 1.00 bits per heavy atom. The van der Waals surface area contributed by atoms with Crippen LogP contribution < -0.4 is 0 Å². The van der Waals surface area contributed by atoms with Gasteiger partial charge in [0.05, 0.1) is 0 Å². The van der Waals surface area contributed by atoms with Gasteiger partial charge in [-0.3, -0.25) is 0 Å². The predicted octanol–water partition coefficient (Wildman–Crippen LogP) is 8.23. The molecule has 2 rings (SSSR count). The molecule has 0 aliphatic carbocycles. The summed E-state index contributed by atoms with van der Waals surface area (Å²) in [4.78, 5) is 0. The van der Waals surface area contributed by atoms with Crippen molar-refractivity contribution in [2.24, 2.45) is 0 Å². The molecule has 0 amide bonds. The third-order valence-electron chi connectivity index (χ3n) is 3.36. The third-order valence-corrected chi connectivity index (χ3v) is 6.32. The maximum absolute atomic E-state index is 3.74. The SMILES string of the molecule is BrC(Br)(Br)C(c1ccccc1)C(c1ccccc1)C(Br)(Br)Br. The third kappa shape index (κ3) is 5.16. The minimum atomic E-state index is -0.449. The Morgan fingerprint density at radius 2 is 0.773 bits per heavy atom. The molecule has 0 aromatic heterocycles. The first-order chi connectivity index (χ1) is 10.2. The van der Waals surface area contributed by atoms with E-state index in [0.717, 1.165) is 0 Å². The molecule has 0 N–H and O–H groups in total. The van der Waals surface area contributed by atoms with E-state index in [1.54, 1.807) is 0 Å². The Hall–Kier alpha value is 1.32. The predicted molar refractivity (Wildman–Crippen MR) is 117 cm³/mol. The van der Waals surface area contributed by atoms with Gasteiger partial charge in [-0.15, -0.1) is 0 Å². The van der Waals surface area contributed by atoms with Crippen LogP contribution in [0, 0.1) is 0 Å². The molecule has 22 heavy (non-hydrogen) atoms. The van der Waals surface area contributed by atoms with E-state index in [0.29, 0.717) is 0 Å². The average Bonchev–Trinajstić information content (AvgIpc) is 2.44. The van der Waals surface area contributed by atoms with Gasteiger partial charge >= 0.3 is 0 Å². The molecule has 0 bridgehead atoms. The fourth-order valence-electron chi connectivity index (χ4n) is 2.46. The summed E-state index contributed by atoms with van der Waals surface area (Å²) in [6, 6.07) is 20.8. The fourth-order valence-corrected chi connectivity index (χ4v) is 5.63. The zero-order valence-electron chi connectivity index (χ0n) is 11.2. The Labute approximate surface area is 181 Å². The number of alkyl halides is 6. The van der Waals surface area contributed by atoms with E-state index < -0.39 is 4.29 Å². The van der Waals surface area contributed by atoms with Gasteiger partial charge in [-0.25, -0.2) is 0 Å². The highest BCUT2D eigenvalue weighted by Gasteiger charge is 2.46. The molecule has 2 atom stereocenters. The van der Waals surface area contributed by atoms with Crippen molar-refractivity contribution in [3.05, 3.63) is 71.8 Å². The normalized spacial score (nSPS) is 15.4. The van der Waals surface area contributed by atoms with E-state index >= 15 is 0 Å². The minimum Gasteiger partial charge on any atom is -0.0622 e. The summed E-state index contributed by atoms with van der Waals surface area (Å²) in [5.74, 6) is 0.184. The molecule has 0 saturated heterocycles. The van der Waals surface area contributed by atoms with Crippen LogP contribution in [0.2, 0.25) is 0 Å². The quantitative estimate of drug-likeness (QED) is 0.286. The van der Waals surface area contributed by atoms with Crippen molar-refractivity contribution >= 4 is 95.6 Å². The topological polar surface area (TPSA) is 0 Å². The van der Waals surface area contributed by atoms with Crippen molar-refractivity contribution in [2.45, 2.75) is 16.1 Å². The second-order valence-electron chi connectivity index (χ2n) is 4.86. The Balaban J connectivity index is 2.60. The standard InChI is InChI=1S/C16H12Br6/c17-15(18,19)13(11-7-3-1-4-8-11)14(16(20,21)22)12-9-5-2-6-10-12/h1-10,13-14H. The molecule has 2 aromatic carbocycles. The van der Waals surface area contributed by atoms with Crippen LogP contribution in [-0.4, -0.2) is 4.29 Å². The lowest BCUT2D eigenvalue weighted by atomic mass is 9.84. The van der Waals surface area contributed by atoms with Gasteiger partial charge in [-0.2, -0.15) is 0 Å². The minimum absolute atomic E-state index is 0.0919. The van der Waals surface area contributed by atoms with Crippen molar-refractivity contribution in [1.29, 1.82) is 0 Å². The van der Waals surface area contributed by atoms with E-state index in [2.05, 4.69) is 144 Å². The molecule has 6 heteroatoms. The number of halogens is 6. The van der Waals surface area contributed by atoms with E-state index in [9.17, 15) is 0 Å². The van der Waals surface area contributed by atoms with Crippen LogP contribution >= 0.6 is 95.6 Å². The Kier molecular flexibility index (Phi) is 7.26. The molecular weight excluding hydrogens is 672 g/mol. The number of hydrogen-bond acceptors (Lipinski definition) is 0. The Morgan fingerprint density at radius 1 is 0.500 bits per heavy atom.